The van der Waals surface area contributed by atoms with Gasteiger partial charge in [-0.1, -0.05) is 43.7 Å². The third-order valence-corrected chi connectivity index (χ3v) is 3.94. The van der Waals surface area contributed by atoms with Gasteiger partial charge in [-0.05, 0) is 12.5 Å². The standard InChI is InChI=1S/C19H18N4O3/c1-2-3-9-23-18(25)15(17(24)22-19(23)26)10-13-11-20-16(21-12-13)14-7-5-4-6-8-14/h4-8,10-12H,2-3,9H2,1H3,(H,22,24,26). The molecule has 0 unspecified atom stereocenters. The van der Waals surface area contributed by atoms with Crippen molar-refractivity contribution < 1.29 is 14.4 Å². The fourth-order valence-corrected chi connectivity index (χ4v) is 2.53. The van der Waals surface area contributed by atoms with Crippen molar-refractivity contribution in [1.29, 1.82) is 0 Å². The molecule has 1 fully saturated rings. The van der Waals surface area contributed by atoms with Crippen LogP contribution in [-0.4, -0.2) is 39.3 Å². The number of carbonyl (C=O) groups is 3. The summed E-state index contributed by atoms with van der Waals surface area (Å²) in [4.78, 5) is 45.9. The normalized spacial score (nSPS) is 16.1. The van der Waals surface area contributed by atoms with Gasteiger partial charge in [0, 0.05) is 30.1 Å². The van der Waals surface area contributed by atoms with Gasteiger partial charge in [-0.2, -0.15) is 0 Å². The zero-order chi connectivity index (χ0) is 18.5. The summed E-state index contributed by atoms with van der Waals surface area (Å²) in [6, 6.07) is 8.79. The lowest BCUT2D eigenvalue weighted by molar-refractivity contribution is -0.130. The number of rotatable bonds is 5. The molecule has 2 heterocycles. The van der Waals surface area contributed by atoms with Crippen molar-refractivity contribution in [2.24, 2.45) is 0 Å². The third kappa shape index (κ3) is 3.66. The molecule has 1 aliphatic rings. The molecular formula is C19H18N4O3. The van der Waals surface area contributed by atoms with Gasteiger partial charge < -0.3 is 0 Å². The number of amides is 4. The average molecular weight is 350 g/mol. The van der Waals surface area contributed by atoms with Gasteiger partial charge >= 0.3 is 6.03 Å². The van der Waals surface area contributed by atoms with Gasteiger partial charge in [-0.3, -0.25) is 19.8 Å². The van der Waals surface area contributed by atoms with Gasteiger partial charge in [0.25, 0.3) is 11.8 Å². The first-order chi connectivity index (χ1) is 12.6. The largest absolute Gasteiger partial charge is 0.331 e. The van der Waals surface area contributed by atoms with Gasteiger partial charge in [0.05, 0.1) is 0 Å². The van der Waals surface area contributed by atoms with Crippen molar-refractivity contribution in [2.75, 3.05) is 6.54 Å². The molecule has 1 aromatic carbocycles. The minimum atomic E-state index is -0.708. The van der Waals surface area contributed by atoms with Crippen molar-refractivity contribution in [3.05, 3.63) is 53.9 Å². The first-order valence-electron chi connectivity index (χ1n) is 8.36. The van der Waals surface area contributed by atoms with Gasteiger partial charge in [0.1, 0.15) is 5.57 Å². The second-order valence-corrected chi connectivity index (χ2v) is 5.83. The number of unbranched alkanes of at least 4 members (excludes halogenated alkanes) is 1. The number of hydrogen-bond acceptors (Lipinski definition) is 5. The summed E-state index contributed by atoms with van der Waals surface area (Å²) in [6.07, 6.45) is 5.98. The van der Waals surface area contributed by atoms with Crippen LogP contribution in [0, 0.1) is 0 Å². The molecule has 26 heavy (non-hydrogen) atoms. The van der Waals surface area contributed by atoms with E-state index in [4.69, 9.17) is 0 Å². The summed E-state index contributed by atoms with van der Waals surface area (Å²) < 4.78 is 0. The minimum Gasteiger partial charge on any atom is -0.273 e. The summed E-state index contributed by atoms with van der Waals surface area (Å²) in [5.41, 5.74) is 1.28. The topological polar surface area (TPSA) is 92.3 Å². The Hall–Kier alpha value is -3.35. The number of nitrogens with one attached hydrogen (secondary N) is 1. The number of barbiturate groups is 1. The number of carbonyl (C=O) groups excluding carboxylic acids is 3. The fraction of sp³-hybridized carbons (Fsp3) is 0.211. The van der Waals surface area contributed by atoms with E-state index in [2.05, 4.69) is 15.3 Å². The molecule has 0 spiro atoms. The predicted octanol–water partition coefficient (Wildman–Crippen LogP) is 2.41. The summed E-state index contributed by atoms with van der Waals surface area (Å²) >= 11 is 0. The summed E-state index contributed by atoms with van der Waals surface area (Å²) in [5, 5.41) is 2.19. The second kappa shape index (κ2) is 7.69. The zero-order valence-corrected chi connectivity index (χ0v) is 14.3. The highest BCUT2D eigenvalue weighted by atomic mass is 16.2. The molecule has 2 aromatic rings. The Morgan fingerprint density at radius 1 is 1.08 bits per heavy atom. The molecule has 7 heteroatoms. The molecule has 1 saturated heterocycles. The zero-order valence-electron chi connectivity index (χ0n) is 14.3. The van der Waals surface area contributed by atoms with E-state index in [0.717, 1.165) is 16.9 Å². The quantitative estimate of drug-likeness (QED) is 0.660. The highest BCUT2D eigenvalue weighted by molar-refractivity contribution is 6.30. The molecule has 0 radical (unpaired) electrons. The Morgan fingerprint density at radius 2 is 1.77 bits per heavy atom. The summed E-state index contributed by atoms with van der Waals surface area (Å²) in [6.45, 7) is 2.23. The Balaban J connectivity index is 1.84. The van der Waals surface area contributed by atoms with E-state index in [9.17, 15) is 14.4 Å². The minimum absolute atomic E-state index is 0.100. The van der Waals surface area contributed by atoms with E-state index >= 15 is 0 Å². The number of imide groups is 2. The fourth-order valence-electron chi connectivity index (χ4n) is 2.53. The van der Waals surface area contributed by atoms with Crippen molar-refractivity contribution in [3.8, 4) is 11.4 Å². The van der Waals surface area contributed by atoms with Crippen LogP contribution in [0.2, 0.25) is 0 Å². The SMILES string of the molecule is CCCCN1C(=O)NC(=O)C(=Cc2cnc(-c3ccccc3)nc2)C1=O. The maximum Gasteiger partial charge on any atom is 0.331 e. The summed E-state index contributed by atoms with van der Waals surface area (Å²) in [5.74, 6) is -0.758. The van der Waals surface area contributed by atoms with Crippen LogP contribution < -0.4 is 5.32 Å². The van der Waals surface area contributed by atoms with Crippen LogP contribution in [0.1, 0.15) is 25.3 Å². The second-order valence-electron chi connectivity index (χ2n) is 5.83. The van der Waals surface area contributed by atoms with Crippen molar-refractivity contribution in [2.45, 2.75) is 19.8 Å². The maximum absolute atomic E-state index is 12.5. The summed E-state index contributed by atoms with van der Waals surface area (Å²) in [7, 11) is 0. The first kappa shape index (κ1) is 17.5. The maximum atomic E-state index is 12.5. The molecular weight excluding hydrogens is 332 g/mol. The molecule has 0 saturated carbocycles. The van der Waals surface area contributed by atoms with Gasteiger partial charge in [-0.15, -0.1) is 0 Å². The van der Waals surface area contributed by atoms with E-state index in [-0.39, 0.29) is 12.1 Å². The number of benzene rings is 1. The van der Waals surface area contributed by atoms with Gasteiger partial charge in [-0.25, -0.2) is 14.8 Å². The van der Waals surface area contributed by atoms with Crippen LogP contribution in [0.4, 0.5) is 4.79 Å². The molecule has 132 valence electrons. The lowest BCUT2D eigenvalue weighted by Gasteiger charge is -2.26. The average Bonchev–Trinajstić information content (AvgIpc) is 2.66. The lowest BCUT2D eigenvalue weighted by Crippen LogP contribution is -2.54. The predicted molar refractivity (Wildman–Crippen MR) is 95.6 cm³/mol. The molecule has 1 aliphatic heterocycles. The molecule has 1 aromatic heterocycles. The molecule has 0 atom stereocenters. The van der Waals surface area contributed by atoms with Crippen LogP contribution in [0.15, 0.2) is 48.3 Å². The smallest absolute Gasteiger partial charge is 0.273 e. The van der Waals surface area contributed by atoms with Crippen LogP contribution in [0.3, 0.4) is 0 Å². The van der Waals surface area contributed by atoms with E-state index in [1.54, 1.807) is 0 Å². The monoisotopic (exact) mass is 350 g/mol. The Morgan fingerprint density at radius 3 is 2.42 bits per heavy atom. The van der Waals surface area contributed by atoms with E-state index in [1.165, 1.54) is 18.5 Å². The molecule has 7 nitrogen and oxygen atoms in total. The highest BCUT2D eigenvalue weighted by Gasteiger charge is 2.35. The Bertz CT molecular complexity index is 860. The van der Waals surface area contributed by atoms with Crippen LogP contribution >= 0.6 is 0 Å². The molecule has 1 N–H and O–H groups in total. The van der Waals surface area contributed by atoms with Crippen molar-refractivity contribution in [3.63, 3.8) is 0 Å². The van der Waals surface area contributed by atoms with E-state index in [1.807, 2.05) is 37.3 Å². The number of aromatic nitrogens is 2. The van der Waals surface area contributed by atoms with Crippen molar-refractivity contribution in [1.82, 2.24) is 20.2 Å². The van der Waals surface area contributed by atoms with Gasteiger partial charge in [0.2, 0.25) is 0 Å². The van der Waals surface area contributed by atoms with E-state index in [0.29, 0.717) is 17.8 Å². The molecule has 4 amide bonds. The number of urea groups is 1. The first-order valence-corrected chi connectivity index (χ1v) is 8.36. The molecule has 0 aliphatic carbocycles. The van der Waals surface area contributed by atoms with Crippen LogP contribution in [0.25, 0.3) is 17.5 Å². The Kier molecular flexibility index (Phi) is 5.17. The number of nitrogens with zero attached hydrogens (tertiary/aromatic N) is 3. The van der Waals surface area contributed by atoms with Crippen LogP contribution in [0.5, 0.6) is 0 Å². The lowest BCUT2D eigenvalue weighted by atomic mass is 10.1. The Labute approximate surface area is 150 Å². The number of hydrogen-bond donors (Lipinski definition) is 1. The molecule has 0 bridgehead atoms. The van der Waals surface area contributed by atoms with Crippen molar-refractivity contribution >= 4 is 23.9 Å². The van der Waals surface area contributed by atoms with E-state index < -0.39 is 17.8 Å². The molecule has 3 rings (SSSR count). The van der Waals surface area contributed by atoms with Gasteiger partial charge in [0.15, 0.2) is 5.82 Å². The third-order valence-electron chi connectivity index (χ3n) is 3.94. The highest BCUT2D eigenvalue weighted by Crippen LogP contribution is 2.17. The van der Waals surface area contributed by atoms with Crippen LogP contribution in [-0.2, 0) is 9.59 Å².